The van der Waals surface area contributed by atoms with Crippen LogP contribution in [-0.2, 0) is 19.5 Å². The van der Waals surface area contributed by atoms with Gasteiger partial charge in [-0.2, -0.15) is 4.31 Å². The van der Waals surface area contributed by atoms with Gasteiger partial charge in [-0.05, 0) is 56.5 Å². The molecule has 9 nitrogen and oxygen atoms in total. The molecule has 0 amide bonds. The van der Waals surface area contributed by atoms with Crippen molar-refractivity contribution in [2.45, 2.75) is 44.0 Å². The first-order valence-corrected chi connectivity index (χ1v) is 12.4. The quantitative estimate of drug-likeness (QED) is 0.496. The van der Waals surface area contributed by atoms with Crippen LogP contribution in [0.25, 0.3) is 10.8 Å². The lowest BCUT2D eigenvalue weighted by Gasteiger charge is -2.34. The fourth-order valence-corrected chi connectivity index (χ4v) is 5.65. The maximum atomic E-state index is 12.9. The second-order valence-electron chi connectivity index (χ2n) is 7.57. The molecule has 1 aromatic carbocycles. The van der Waals surface area contributed by atoms with Gasteiger partial charge in [-0.3, -0.25) is 0 Å². The molecule has 0 bridgehead atoms. The number of nitrogens with zero attached hydrogens (tertiary/aromatic N) is 3. The van der Waals surface area contributed by atoms with E-state index in [2.05, 4.69) is 10.2 Å². The van der Waals surface area contributed by atoms with E-state index in [0.717, 1.165) is 4.88 Å². The van der Waals surface area contributed by atoms with Crippen molar-refractivity contribution in [3.8, 4) is 10.8 Å². The number of aromatic nitrogens is 2. The van der Waals surface area contributed by atoms with Gasteiger partial charge in [0.05, 0.1) is 27.5 Å². The van der Waals surface area contributed by atoms with Crippen LogP contribution in [0, 0.1) is 0 Å². The Morgan fingerprint density at radius 2 is 1.84 bits per heavy atom. The van der Waals surface area contributed by atoms with E-state index in [0.29, 0.717) is 5.89 Å². The summed E-state index contributed by atoms with van der Waals surface area (Å²) >= 11 is 1.46. The molecule has 1 aliphatic heterocycles. The summed E-state index contributed by atoms with van der Waals surface area (Å²) in [5, 5.41) is 9.82. The summed E-state index contributed by atoms with van der Waals surface area (Å²) in [5.41, 5.74) is 0.220. The molecule has 32 heavy (non-hydrogen) atoms. The van der Waals surface area contributed by atoms with Crippen LogP contribution in [0.3, 0.4) is 0 Å². The van der Waals surface area contributed by atoms with Crippen molar-refractivity contribution < 1.29 is 27.1 Å². The summed E-state index contributed by atoms with van der Waals surface area (Å²) in [7, 11) is -3.69. The SMILES string of the molecule is CC1CN(S(=O)(=O)c2ccc(C(=O)OC(C)c3nnc(-c4cccs4)o3)cc2)CC(C)O1. The smallest absolute Gasteiger partial charge is 0.338 e. The summed E-state index contributed by atoms with van der Waals surface area (Å²) in [4.78, 5) is 13.5. The Morgan fingerprint density at radius 1 is 1.16 bits per heavy atom. The summed E-state index contributed by atoms with van der Waals surface area (Å²) in [6, 6.07) is 9.40. The molecule has 3 heterocycles. The van der Waals surface area contributed by atoms with E-state index in [4.69, 9.17) is 13.9 Å². The lowest BCUT2D eigenvalue weighted by molar-refractivity contribution is -0.0440. The highest BCUT2D eigenvalue weighted by Crippen LogP contribution is 2.27. The van der Waals surface area contributed by atoms with Crippen molar-refractivity contribution in [3.63, 3.8) is 0 Å². The average Bonchev–Trinajstić information content (AvgIpc) is 3.45. The third-order valence-electron chi connectivity index (χ3n) is 4.92. The minimum atomic E-state index is -3.69. The number of thiophene rings is 1. The minimum Gasteiger partial charge on any atom is -0.449 e. The van der Waals surface area contributed by atoms with E-state index in [9.17, 15) is 13.2 Å². The molecule has 0 radical (unpaired) electrons. The van der Waals surface area contributed by atoms with Crippen LogP contribution in [0.2, 0.25) is 0 Å². The summed E-state index contributed by atoms with van der Waals surface area (Å²) in [6.45, 7) is 5.87. The predicted molar refractivity (Wildman–Crippen MR) is 117 cm³/mol. The van der Waals surface area contributed by atoms with E-state index < -0.39 is 22.1 Å². The van der Waals surface area contributed by atoms with Crippen LogP contribution < -0.4 is 0 Å². The van der Waals surface area contributed by atoms with Crippen molar-refractivity contribution in [1.29, 1.82) is 0 Å². The Balaban J connectivity index is 1.43. The van der Waals surface area contributed by atoms with E-state index in [1.54, 1.807) is 6.92 Å². The maximum Gasteiger partial charge on any atom is 0.338 e. The van der Waals surface area contributed by atoms with Crippen molar-refractivity contribution in [3.05, 3.63) is 53.2 Å². The molecular formula is C21H23N3O6S2. The molecule has 11 heteroatoms. The Hall–Kier alpha value is -2.60. The number of esters is 1. The zero-order chi connectivity index (χ0) is 22.9. The molecule has 4 rings (SSSR count). The normalized spacial score (nSPS) is 20.7. The number of rotatable bonds is 6. The fourth-order valence-electron chi connectivity index (χ4n) is 3.42. The number of carbonyl (C=O) groups excluding carboxylic acids is 1. The van der Waals surface area contributed by atoms with E-state index in [1.807, 2.05) is 31.4 Å². The van der Waals surface area contributed by atoms with Crippen molar-refractivity contribution in [2.75, 3.05) is 13.1 Å². The largest absolute Gasteiger partial charge is 0.449 e. The monoisotopic (exact) mass is 477 g/mol. The highest BCUT2D eigenvalue weighted by atomic mass is 32.2. The van der Waals surface area contributed by atoms with Gasteiger partial charge in [-0.1, -0.05) is 6.07 Å². The zero-order valence-corrected chi connectivity index (χ0v) is 19.4. The van der Waals surface area contributed by atoms with Gasteiger partial charge >= 0.3 is 5.97 Å². The molecule has 0 N–H and O–H groups in total. The molecule has 170 valence electrons. The van der Waals surface area contributed by atoms with Crippen molar-refractivity contribution in [1.82, 2.24) is 14.5 Å². The van der Waals surface area contributed by atoms with Crippen molar-refractivity contribution >= 4 is 27.3 Å². The molecular weight excluding hydrogens is 454 g/mol. The second kappa shape index (κ2) is 9.10. The van der Waals surface area contributed by atoms with Gasteiger partial charge in [0.15, 0.2) is 6.10 Å². The van der Waals surface area contributed by atoms with Crippen LogP contribution in [0.1, 0.15) is 43.1 Å². The van der Waals surface area contributed by atoms with E-state index in [1.165, 1.54) is 39.9 Å². The Kier molecular flexibility index (Phi) is 6.42. The lowest BCUT2D eigenvalue weighted by Crippen LogP contribution is -2.48. The number of morpholine rings is 1. The lowest BCUT2D eigenvalue weighted by atomic mass is 10.2. The number of carbonyl (C=O) groups is 1. The number of hydrogen-bond donors (Lipinski definition) is 0. The first kappa shape index (κ1) is 22.6. The van der Waals surface area contributed by atoms with Gasteiger partial charge in [0.25, 0.3) is 11.8 Å². The molecule has 3 unspecified atom stereocenters. The van der Waals surface area contributed by atoms with E-state index >= 15 is 0 Å². The van der Waals surface area contributed by atoms with E-state index in [-0.39, 0.29) is 41.6 Å². The second-order valence-corrected chi connectivity index (χ2v) is 10.5. The summed E-state index contributed by atoms with van der Waals surface area (Å²) in [6.07, 6.45) is -1.13. The third kappa shape index (κ3) is 4.75. The fraction of sp³-hybridized carbons (Fsp3) is 0.381. The first-order valence-electron chi connectivity index (χ1n) is 10.1. The molecule has 1 saturated heterocycles. The van der Waals surface area contributed by atoms with Gasteiger partial charge < -0.3 is 13.9 Å². The van der Waals surface area contributed by atoms with Gasteiger partial charge in [0.2, 0.25) is 10.0 Å². The molecule has 2 aromatic heterocycles. The standard InChI is InChI=1S/C21H23N3O6S2/c1-13-11-24(12-14(2)28-13)32(26,27)17-8-6-16(7-9-17)21(25)29-15(3)19-22-23-20(30-19)18-5-4-10-31-18/h4-10,13-15H,11-12H2,1-3H3. The highest BCUT2D eigenvalue weighted by molar-refractivity contribution is 7.89. The number of benzene rings is 1. The first-order chi connectivity index (χ1) is 15.2. The molecule has 0 aliphatic carbocycles. The van der Waals surface area contributed by atoms with Gasteiger partial charge in [-0.25, -0.2) is 13.2 Å². The summed E-state index contributed by atoms with van der Waals surface area (Å²) in [5.74, 6) is -0.0818. The van der Waals surface area contributed by atoms with Crippen LogP contribution in [0.5, 0.6) is 0 Å². The van der Waals surface area contributed by atoms with Crippen LogP contribution in [0.4, 0.5) is 0 Å². The minimum absolute atomic E-state index is 0.112. The Bertz CT molecular complexity index is 1160. The maximum absolute atomic E-state index is 12.9. The molecule has 0 spiro atoms. The van der Waals surface area contributed by atoms with Crippen molar-refractivity contribution in [2.24, 2.45) is 0 Å². The van der Waals surface area contributed by atoms with Crippen LogP contribution in [0.15, 0.2) is 51.1 Å². The van der Waals surface area contributed by atoms with Gasteiger partial charge in [0.1, 0.15) is 0 Å². The predicted octanol–water partition coefficient (Wildman–Crippen LogP) is 3.51. The number of hydrogen-bond acceptors (Lipinski definition) is 9. The molecule has 3 aromatic rings. The highest BCUT2D eigenvalue weighted by Gasteiger charge is 2.32. The average molecular weight is 478 g/mol. The Labute approximate surface area is 190 Å². The zero-order valence-electron chi connectivity index (χ0n) is 17.8. The topological polar surface area (TPSA) is 112 Å². The number of ether oxygens (including phenoxy) is 2. The summed E-state index contributed by atoms with van der Waals surface area (Å²) < 4.78 is 43.9. The molecule has 1 aliphatic rings. The molecule has 3 atom stereocenters. The number of sulfonamides is 1. The van der Waals surface area contributed by atoms with Crippen LogP contribution >= 0.6 is 11.3 Å². The molecule has 0 saturated carbocycles. The van der Waals surface area contributed by atoms with Gasteiger partial charge in [0, 0.05) is 13.1 Å². The van der Waals surface area contributed by atoms with Gasteiger partial charge in [-0.15, -0.1) is 21.5 Å². The third-order valence-corrected chi connectivity index (χ3v) is 7.62. The molecule has 1 fully saturated rings. The van der Waals surface area contributed by atoms with Crippen LogP contribution in [-0.4, -0.2) is 54.2 Å². The Morgan fingerprint density at radius 3 is 2.47 bits per heavy atom.